The Morgan fingerprint density at radius 1 is 1.03 bits per heavy atom. The van der Waals surface area contributed by atoms with Crippen molar-refractivity contribution in [2.45, 2.75) is 25.1 Å². The summed E-state index contributed by atoms with van der Waals surface area (Å²) in [5.41, 5.74) is 4.35. The summed E-state index contributed by atoms with van der Waals surface area (Å²) in [6.45, 7) is 0.965. The second kappa shape index (κ2) is 9.62. The lowest BCUT2D eigenvalue weighted by atomic mass is 10.1. The molecule has 4 heterocycles. The molecule has 0 spiro atoms. The van der Waals surface area contributed by atoms with Gasteiger partial charge in [0, 0.05) is 47.9 Å². The molecule has 1 aliphatic rings. The molecule has 9 nitrogen and oxygen atoms in total. The highest BCUT2D eigenvalue weighted by molar-refractivity contribution is 7.88. The molecule has 0 saturated heterocycles. The molecule has 192 valence electrons. The van der Waals surface area contributed by atoms with Crippen LogP contribution >= 0.6 is 0 Å². The van der Waals surface area contributed by atoms with E-state index in [0.717, 1.165) is 47.3 Å². The van der Waals surface area contributed by atoms with Crippen LogP contribution in [0.1, 0.15) is 23.2 Å². The molecule has 0 amide bonds. The molecule has 0 atom stereocenters. The zero-order valence-corrected chi connectivity index (χ0v) is 21.6. The van der Waals surface area contributed by atoms with Gasteiger partial charge in [-0.25, -0.2) is 18.1 Å². The summed E-state index contributed by atoms with van der Waals surface area (Å²) in [6.07, 6.45) is 7.34. The van der Waals surface area contributed by atoms with Crippen molar-refractivity contribution >= 4 is 37.5 Å². The van der Waals surface area contributed by atoms with Crippen LogP contribution < -0.4 is 15.5 Å². The first-order valence-electron chi connectivity index (χ1n) is 12.4. The normalized spacial score (nSPS) is 13.4. The number of nitrogens with zero attached hydrogens (tertiary/aromatic N) is 4. The number of aromatic nitrogens is 4. The van der Waals surface area contributed by atoms with Crippen molar-refractivity contribution in [1.29, 1.82) is 0 Å². The van der Waals surface area contributed by atoms with Gasteiger partial charge >= 0.3 is 0 Å². The second-order valence-corrected chi connectivity index (χ2v) is 11.4. The van der Waals surface area contributed by atoms with Crippen molar-refractivity contribution in [1.82, 2.24) is 24.5 Å². The second-order valence-electron chi connectivity index (χ2n) is 9.56. The molecule has 6 rings (SSSR count). The van der Waals surface area contributed by atoms with Gasteiger partial charge in [0.15, 0.2) is 5.43 Å². The van der Waals surface area contributed by atoms with Crippen LogP contribution in [0.25, 0.3) is 32.8 Å². The average Bonchev–Trinajstić information content (AvgIpc) is 3.31. The number of hydrogen-bond donors (Lipinski definition) is 2. The number of pyridine rings is 2. The minimum Gasteiger partial charge on any atom is -0.370 e. The van der Waals surface area contributed by atoms with Crippen molar-refractivity contribution < 1.29 is 8.42 Å². The minimum atomic E-state index is -3.67. The zero-order valence-electron chi connectivity index (χ0n) is 20.8. The van der Waals surface area contributed by atoms with E-state index in [1.807, 2.05) is 43.6 Å². The Labute approximate surface area is 219 Å². The van der Waals surface area contributed by atoms with E-state index < -0.39 is 10.0 Å². The molecule has 2 N–H and O–H groups in total. The Hall–Kier alpha value is -4.15. The first kappa shape index (κ1) is 24.2. The summed E-state index contributed by atoms with van der Waals surface area (Å²) in [6, 6.07) is 14.5. The van der Waals surface area contributed by atoms with E-state index in [2.05, 4.69) is 25.1 Å². The molecule has 10 heteroatoms. The van der Waals surface area contributed by atoms with E-state index in [0.29, 0.717) is 27.5 Å². The van der Waals surface area contributed by atoms with E-state index in [1.165, 1.54) is 0 Å². The van der Waals surface area contributed by atoms with Crippen LogP contribution in [0.15, 0.2) is 71.9 Å². The van der Waals surface area contributed by atoms with Gasteiger partial charge in [0.2, 0.25) is 10.0 Å². The molecule has 5 aromatic rings. The van der Waals surface area contributed by atoms with Crippen molar-refractivity contribution in [2.75, 3.05) is 11.9 Å². The van der Waals surface area contributed by atoms with Crippen molar-refractivity contribution in [3.63, 3.8) is 0 Å². The molecule has 0 unspecified atom stereocenters. The largest absolute Gasteiger partial charge is 0.370 e. The monoisotopic (exact) mass is 526 g/mol. The van der Waals surface area contributed by atoms with E-state index in [9.17, 15) is 13.2 Å². The van der Waals surface area contributed by atoms with Gasteiger partial charge in [-0.15, -0.1) is 0 Å². The molecule has 0 aliphatic carbocycles. The van der Waals surface area contributed by atoms with E-state index in [-0.39, 0.29) is 17.7 Å². The fourth-order valence-electron chi connectivity index (χ4n) is 4.79. The summed E-state index contributed by atoms with van der Waals surface area (Å²) < 4.78 is 30.2. The van der Waals surface area contributed by atoms with Crippen molar-refractivity contribution in [3.8, 4) is 11.1 Å². The third-order valence-electron chi connectivity index (χ3n) is 6.77. The quantitative estimate of drug-likeness (QED) is 0.347. The topological polar surface area (TPSA) is 119 Å². The Balaban J connectivity index is 1.29. The number of anilines is 1. The van der Waals surface area contributed by atoms with E-state index in [4.69, 9.17) is 0 Å². The van der Waals surface area contributed by atoms with Gasteiger partial charge in [-0.3, -0.25) is 14.5 Å². The number of nitrogens with one attached hydrogen (secondary N) is 2. The first-order valence-corrected chi connectivity index (χ1v) is 14.0. The highest BCUT2D eigenvalue weighted by Crippen LogP contribution is 2.23. The fourth-order valence-corrected chi connectivity index (χ4v) is 5.88. The number of hydrogen-bond acceptors (Lipinski definition) is 7. The fraction of sp³-hybridized carbons (Fsp3) is 0.214. The molecule has 38 heavy (non-hydrogen) atoms. The molecule has 0 saturated carbocycles. The molecule has 1 aliphatic heterocycles. The maximum Gasteiger partial charge on any atom is 0.216 e. The van der Waals surface area contributed by atoms with Crippen molar-refractivity contribution in [3.05, 3.63) is 94.2 Å². The Bertz CT molecular complexity index is 1870. The molecule has 0 fully saturated rings. The van der Waals surface area contributed by atoms with Crippen LogP contribution in [0, 0.1) is 0 Å². The van der Waals surface area contributed by atoms with Gasteiger partial charge in [-0.2, -0.15) is 5.10 Å². The predicted molar refractivity (Wildman–Crippen MR) is 148 cm³/mol. The number of fused-ring (bicyclic) bond motifs is 3. The summed E-state index contributed by atoms with van der Waals surface area (Å²) in [5, 5.41) is 9.09. The summed E-state index contributed by atoms with van der Waals surface area (Å²) in [5.74, 6) is 0.577. The van der Waals surface area contributed by atoms with Crippen LogP contribution in [0.2, 0.25) is 0 Å². The molecule has 0 radical (unpaired) electrons. The van der Waals surface area contributed by atoms with Gasteiger partial charge in [0.25, 0.3) is 0 Å². The van der Waals surface area contributed by atoms with Crippen LogP contribution in [0.3, 0.4) is 0 Å². The Morgan fingerprint density at radius 3 is 2.74 bits per heavy atom. The van der Waals surface area contributed by atoms with Gasteiger partial charge < -0.3 is 5.32 Å². The predicted octanol–water partition coefficient (Wildman–Crippen LogP) is 3.52. The van der Waals surface area contributed by atoms with Gasteiger partial charge in [0.1, 0.15) is 5.82 Å². The highest BCUT2D eigenvalue weighted by atomic mass is 32.2. The Kier molecular flexibility index (Phi) is 6.13. The maximum absolute atomic E-state index is 13.6. The van der Waals surface area contributed by atoms with Gasteiger partial charge in [0.05, 0.1) is 29.7 Å². The zero-order chi connectivity index (χ0) is 26.3. The van der Waals surface area contributed by atoms with E-state index in [1.54, 1.807) is 35.3 Å². The standard InChI is InChI=1S/C28H26N6O3S/c1-34-16-22(14-31-34)21-12-25-26(30-13-21)9-7-19-5-4-18(11-24(19)27(25)35)17-38(36,37)32-15-23-8-6-20-3-2-10-29-28(20)33-23/h4-9,11-14,16,32H,2-3,10,15,17H2,1H3,(H,29,33). The summed E-state index contributed by atoms with van der Waals surface area (Å²) in [4.78, 5) is 22.6. The maximum atomic E-state index is 13.6. The summed E-state index contributed by atoms with van der Waals surface area (Å²) >= 11 is 0. The number of aryl methyl sites for hydroxylation is 2. The highest BCUT2D eigenvalue weighted by Gasteiger charge is 2.15. The van der Waals surface area contributed by atoms with Gasteiger partial charge in [-0.05, 0) is 53.6 Å². The third-order valence-corrected chi connectivity index (χ3v) is 8.06. The number of sulfonamides is 1. The van der Waals surface area contributed by atoms with Gasteiger partial charge in [-0.1, -0.05) is 24.3 Å². The van der Waals surface area contributed by atoms with E-state index >= 15 is 0 Å². The van der Waals surface area contributed by atoms with Crippen LogP contribution in [0.5, 0.6) is 0 Å². The molecular formula is C28H26N6O3S. The number of rotatable bonds is 6. The average molecular weight is 527 g/mol. The smallest absolute Gasteiger partial charge is 0.216 e. The molecular weight excluding hydrogens is 500 g/mol. The first-order chi connectivity index (χ1) is 18.3. The minimum absolute atomic E-state index is 0.0973. The lowest BCUT2D eigenvalue weighted by Gasteiger charge is -2.17. The molecule has 2 aromatic carbocycles. The number of benzene rings is 1. The molecule has 0 bridgehead atoms. The summed E-state index contributed by atoms with van der Waals surface area (Å²) in [7, 11) is -1.84. The Morgan fingerprint density at radius 2 is 1.89 bits per heavy atom. The lowest BCUT2D eigenvalue weighted by molar-refractivity contribution is 0.579. The van der Waals surface area contributed by atoms with Crippen molar-refractivity contribution in [2.24, 2.45) is 7.05 Å². The van der Waals surface area contributed by atoms with Crippen LogP contribution in [-0.4, -0.2) is 34.7 Å². The lowest BCUT2D eigenvalue weighted by Crippen LogP contribution is -2.25. The van der Waals surface area contributed by atoms with Crippen LogP contribution in [-0.2, 0) is 35.8 Å². The third kappa shape index (κ3) is 4.88. The van der Waals surface area contributed by atoms with Crippen LogP contribution in [0.4, 0.5) is 5.82 Å². The SMILES string of the molecule is Cn1cc(-c2cnc3ccc4ccc(CS(=O)(=O)NCc5ccc6c(n5)NCCC6)cc4c(=O)c3c2)cn1. The molecule has 3 aromatic heterocycles.